The molecule has 0 aromatic carbocycles. The minimum absolute atomic E-state index is 0.0810. The summed E-state index contributed by atoms with van der Waals surface area (Å²) in [5.74, 6) is -0.153. The maximum atomic E-state index is 11.0. The van der Waals surface area contributed by atoms with E-state index >= 15 is 0 Å². The van der Waals surface area contributed by atoms with Crippen molar-refractivity contribution in [1.82, 2.24) is 5.32 Å². The Morgan fingerprint density at radius 2 is 2.30 bits per heavy atom. The molecule has 0 bridgehead atoms. The number of hydrogen-bond donors (Lipinski definition) is 1. The van der Waals surface area contributed by atoms with Crippen LogP contribution < -0.4 is 5.32 Å². The fourth-order valence-corrected chi connectivity index (χ4v) is 0.953. The highest BCUT2D eigenvalue weighted by molar-refractivity contribution is 5.81. The number of esters is 1. The molecule has 0 aromatic heterocycles. The highest BCUT2D eigenvalue weighted by Gasteiger charge is 2.39. The van der Waals surface area contributed by atoms with Crippen LogP contribution in [0.25, 0.3) is 0 Å². The van der Waals surface area contributed by atoms with Crippen LogP contribution >= 0.6 is 0 Å². The molecule has 1 aliphatic rings. The third-order valence-electron chi connectivity index (χ3n) is 1.65. The molecule has 1 rings (SSSR count). The average molecular weight is 143 g/mol. The minimum atomic E-state index is -0.485. The SMILES string of the molecule is CCC1NC(C)(C)C(=O)O1. The molecular weight excluding hydrogens is 130 g/mol. The van der Waals surface area contributed by atoms with Crippen molar-refractivity contribution in [2.45, 2.75) is 39.0 Å². The largest absolute Gasteiger partial charge is 0.445 e. The maximum Gasteiger partial charge on any atom is 0.327 e. The van der Waals surface area contributed by atoms with Gasteiger partial charge < -0.3 is 4.74 Å². The molecule has 1 aliphatic heterocycles. The molecule has 0 amide bonds. The maximum absolute atomic E-state index is 11.0. The van der Waals surface area contributed by atoms with Crippen LogP contribution in [-0.2, 0) is 9.53 Å². The number of nitrogens with one attached hydrogen (secondary N) is 1. The van der Waals surface area contributed by atoms with E-state index in [2.05, 4.69) is 5.32 Å². The van der Waals surface area contributed by atoms with Crippen LogP contribution in [-0.4, -0.2) is 17.7 Å². The first kappa shape index (κ1) is 7.54. The summed E-state index contributed by atoms with van der Waals surface area (Å²) in [4.78, 5) is 11.0. The quantitative estimate of drug-likeness (QED) is 0.548. The fraction of sp³-hybridized carbons (Fsp3) is 0.857. The van der Waals surface area contributed by atoms with Crippen LogP contribution in [0.2, 0.25) is 0 Å². The van der Waals surface area contributed by atoms with Crippen LogP contribution in [0.1, 0.15) is 27.2 Å². The second kappa shape index (κ2) is 2.23. The first-order valence-electron chi connectivity index (χ1n) is 3.55. The Bertz CT molecular complexity index is 154. The summed E-state index contributed by atoms with van der Waals surface area (Å²) in [5.41, 5.74) is -0.485. The molecule has 1 unspecified atom stereocenters. The second-order valence-electron chi connectivity index (χ2n) is 3.07. The third-order valence-corrected chi connectivity index (χ3v) is 1.65. The van der Waals surface area contributed by atoms with Gasteiger partial charge in [-0.2, -0.15) is 0 Å². The molecule has 3 nitrogen and oxygen atoms in total. The smallest absolute Gasteiger partial charge is 0.327 e. The first-order valence-corrected chi connectivity index (χ1v) is 3.55. The number of hydrogen-bond acceptors (Lipinski definition) is 3. The van der Waals surface area contributed by atoms with Gasteiger partial charge in [0.2, 0.25) is 0 Å². The number of rotatable bonds is 1. The van der Waals surface area contributed by atoms with Gasteiger partial charge in [-0.05, 0) is 20.3 Å². The summed E-state index contributed by atoms with van der Waals surface area (Å²) in [5, 5.41) is 3.06. The molecule has 0 radical (unpaired) electrons. The van der Waals surface area contributed by atoms with Crippen molar-refractivity contribution in [2.24, 2.45) is 0 Å². The van der Waals surface area contributed by atoms with Crippen molar-refractivity contribution < 1.29 is 9.53 Å². The molecular formula is C7H13NO2. The first-order chi connectivity index (χ1) is 4.56. The van der Waals surface area contributed by atoms with Crippen molar-refractivity contribution in [1.29, 1.82) is 0 Å². The Labute approximate surface area is 60.7 Å². The van der Waals surface area contributed by atoms with Crippen molar-refractivity contribution >= 4 is 5.97 Å². The molecule has 1 atom stereocenters. The number of carbonyl (C=O) groups excluding carboxylic acids is 1. The molecule has 1 saturated heterocycles. The average Bonchev–Trinajstić information content (AvgIpc) is 2.08. The Morgan fingerprint density at radius 1 is 1.70 bits per heavy atom. The van der Waals surface area contributed by atoms with Gasteiger partial charge in [0.05, 0.1) is 0 Å². The van der Waals surface area contributed by atoms with Gasteiger partial charge in [-0.25, -0.2) is 0 Å². The lowest BCUT2D eigenvalue weighted by Gasteiger charge is -2.11. The standard InChI is InChI=1S/C7H13NO2/c1-4-5-8-7(2,3)6(9)10-5/h5,8H,4H2,1-3H3. The van der Waals surface area contributed by atoms with Crippen LogP contribution in [0.4, 0.5) is 0 Å². The summed E-state index contributed by atoms with van der Waals surface area (Å²) in [6, 6.07) is 0. The highest BCUT2D eigenvalue weighted by atomic mass is 16.6. The van der Waals surface area contributed by atoms with Gasteiger partial charge in [0.15, 0.2) is 6.23 Å². The predicted molar refractivity (Wildman–Crippen MR) is 37.4 cm³/mol. The van der Waals surface area contributed by atoms with Gasteiger partial charge in [0.25, 0.3) is 0 Å². The van der Waals surface area contributed by atoms with Gasteiger partial charge in [-0.1, -0.05) is 6.92 Å². The summed E-state index contributed by atoms with van der Waals surface area (Å²) in [6.45, 7) is 5.63. The summed E-state index contributed by atoms with van der Waals surface area (Å²) in [7, 11) is 0. The van der Waals surface area contributed by atoms with Crippen molar-refractivity contribution in [3.05, 3.63) is 0 Å². The molecule has 0 spiro atoms. The summed E-state index contributed by atoms with van der Waals surface area (Å²) < 4.78 is 4.98. The van der Waals surface area contributed by atoms with Gasteiger partial charge in [-0.3, -0.25) is 10.1 Å². The van der Waals surface area contributed by atoms with Gasteiger partial charge in [0, 0.05) is 0 Å². The third kappa shape index (κ3) is 1.14. The molecule has 1 heterocycles. The zero-order valence-corrected chi connectivity index (χ0v) is 6.60. The van der Waals surface area contributed by atoms with E-state index in [1.54, 1.807) is 0 Å². The molecule has 0 aliphatic carbocycles. The van der Waals surface area contributed by atoms with Crippen LogP contribution in [0.15, 0.2) is 0 Å². The number of carbonyl (C=O) groups is 1. The Hall–Kier alpha value is -0.570. The molecule has 3 heteroatoms. The van der Waals surface area contributed by atoms with E-state index in [4.69, 9.17) is 4.74 Å². The minimum Gasteiger partial charge on any atom is -0.445 e. The summed E-state index contributed by atoms with van der Waals surface area (Å²) in [6.07, 6.45) is 0.748. The monoisotopic (exact) mass is 143 g/mol. The Kier molecular flexibility index (Phi) is 1.68. The lowest BCUT2D eigenvalue weighted by atomic mass is 10.1. The van der Waals surface area contributed by atoms with Crippen molar-refractivity contribution in [2.75, 3.05) is 0 Å². The lowest BCUT2D eigenvalue weighted by molar-refractivity contribution is -0.144. The predicted octanol–water partition coefficient (Wildman–Crippen LogP) is 0.647. The zero-order valence-electron chi connectivity index (χ0n) is 6.60. The molecule has 10 heavy (non-hydrogen) atoms. The van der Waals surface area contributed by atoms with E-state index in [0.717, 1.165) is 6.42 Å². The normalized spacial score (nSPS) is 30.3. The van der Waals surface area contributed by atoms with E-state index in [0.29, 0.717) is 0 Å². The van der Waals surface area contributed by atoms with Gasteiger partial charge >= 0.3 is 5.97 Å². The molecule has 0 aromatic rings. The zero-order chi connectivity index (χ0) is 7.78. The van der Waals surface area contributed by atoms with E-state index in [1.165, 1.54) is 0 Å². The van der Waals surface area contributed by atoms with Crippen LogP contribution in [0.5, 0.6) is 0 Å². The summed E-state index contributed by atoms with van der Waals surface area (Å²) >= 11 is 0. The molecule has 1 N–H and O–H groups in total. The Morgan fingerprint density at radius 3 is 2.50 bits per heavy atom. The number of ether oxygens (including phenoxy) is 1. The van der Waals surface area contributed by atoms with E-state index in [1.807, 2.05) is 20.8 Å². The van der Waals surface area contributed by atoms with Crippen molar-refractivity contribution in [3.8, 4) is 0 Å². The molecule has 58 valence electrons. The van der Waals surface area contributed by atoms with Gasteiger partial charge in [-0.15, -0.1) is 0 Å². The molecule has 1 fully saturated rings. The molecule has 0 saturated carbocycles. The van der Waals surface area contributed by atoms with Crippen LogP contribution in [0, 0.1) is 0 Å². The Balaban J connectivity index is 2.62. The fourth-order valence-electron chi connectivity index (χ4n) is 0.953. The number of cyclic esters (lactones) is 1. The second-order valence-corrected chi connectivity index (χ2v) is 3.07. The van der Waals surface area contributed by atoms with E-state index in [-0.39, 0.29) is 12.2 Å². The highest BCUT2D eigenvalue weighted by Crippen LogP contribution is 2.16. The van der Waals surface area contributed by atoms with E-state index < -0.39 is 5.54 Å². The van der Waals surface area contributed by atoms with Crippen molar-refractivity contribution in [3.63, 3.8) is 0 Å². The van der Waals surface area contributed by atoms with E-state index in [9.17, 15) is 4.79 Å². The topological polar surface area (TPSA) is 38.3 Å². The van der Waals surface area contributed by atoms with Crippen LogP contribution in [0.3, 0.4) is 0 Å². The van der Waals surface area contributed by atoms with Gasteiger partial charge in [0.1, 0.15) is 5.54 Å². The lowest BCUT2D eigenvalue weighted by Crippen LogP contribution is -2.40.